The molecule has 2 aromatic rings. The summed E-state index contributed by atoms with van der Waals surface area (Å²) in [5.41, 5.74) is 0.512. The first-order valence-electron chi connectivity index (χ1n) is 8.82. The molecule has 1 amide bonds. The fraction of sp³-hybridized carbons (Fsp3) is 0.316. The van der Waals surface area contributed by atoms with Gasteiger partial charge in [0.2, 0.25) is 15.9 Å². The number of ether oxygens (including phenoxy) is 1. The number of carbonyl (C=O) groups excluding carboxylic acids is 1. The maximum atomic E-state index is 13.4. The van der Waals surface area contributed by atoms with Crippen molar-refractivity contribution < 1.29 is 26.7 Å². The Hall–Kier alpha value is -2.23. The molecule has 0 aromatic heterocycles. The van der Waals surface area contributed by atoms with Gasteiger partial charge in [0, 0.05) is 24.7 Å². The van der Waals surface area contributed by atoms with Crippen LogP contribution in [0.4, 0.5) is 14.5 Å². The van der Waals surface area contributed by atoms with E-state index in [2.05, 4.69) is 5.32 Å². The molecular weight excluding hydrogens is 426 g/mol. The summed E-state index contributed by atoms with van der Waals surface area (Å²) in [5.74, 6) is -2.47. The molecule has 1 saturated heterocycles. The van der Waals surface area contributed by atoms with Crippen molar-refractivity contribution in [2.24, 2.45) is 5.92 Å². The Kier molecular flexibility index (Phi) is 6.40. The lowest BCUT2D eigenvalue weighted by atomic mass is 9.97. The van der Waals surface area contributed by atoms with Crippen molar-refractivity contribution in [1.29, 1.82) is 0 Å². The number of hydrogen-bond acceptors (Lipinski definition) is 4. The Labute approximate surface area is 172 Å². The first kappa shape index (κ1) is 21.5. The standard InChI is InChI=1S/C19H19ClF2N2O4S/c1-28-18-5-2-13(10-15(18)20)23-19(25)12-6-8-24(9-7-12)29(26,27)14-3-4-16(21)17(22)11-14/h2-5,10-12H,6-9H2,1H3,(H,23,25). The van der Waals surface area contributed by atoms with Crippen LogP contribution in [0.3, 0.4) is 0 Å². The predicted molar refractivity (Wildman–Crippen MR) is 104 cm³/mol. The third kappa shape index (κ3) is 4.68. The number of amides is 1. The smallest absolute Gasteiger partial charge is 0.243 e. The summed E-state index contributed by atoms with van der Waals surface area (Å²) in [5, 5.41) is 3.12. The third-order valence-electron chi connectivity index (χ3n) is 4.77. The molecule has 0 unspecified atom stereocenters. The van der Waals surface area contributed by atoms with Gasteiger partial charge in [-0.05, 0) is 49.2 Å². The van der Waals surface area contributed by atoms with Crippen molar-refractivity contribution in [1.82, 2.24) is 4.31 Å². The normalized spacial score (nSPS) is 15.9. The zero-order valence-electron chi connectivity index (χ0n) is 15.5. The second-order valence-electron chi connectivity index (χ2n) is 6.59. The molecule has 156 valence electrons. The molecule has 0 spiro atoms. The number of halogens is 3. The number of anilines is 1. The Bertz CT molecular complexity index is 1020. The molecule has 1 N–H and O–H groups in total. The number of methoxy groups -OCH3 is 1. The summed E-state index contributed by atoms with van der Waals surface area (Å²) in [7, 11) is -2.47. The topological polar surface area (TPSA) is 75.7 Å². The van der Waals surface area contributed by atoms with Gasteiger partial charge in [-0.3, -0.25) is 4.79 Å². The first-order valence-corrected chi connectivity index (χ1v) is 10.6. The van der Waals surface area contributed by atoms with Gasteiger partial charge in [-0.1, -0.05) is 11.6 Å². The lowest BCUT2D eigenvalue weighted by Gasteiger charge is -2.30. The van der Waals surface area contributed by atoms with Crippen molar-refractivity contribution in [2.45, 2.75) is 17.7 Å². The molecular formula is C19H19ClF2N2O4S. The monoisotopic (exact) mass is 444 g/mol. The summed E-state index contributed by atoms with van der Waals surface area (Å²) in [6.45, 7) is 0.200. The molecule has 0 saturated carbocycles. The molecule has 29 heavy (non-hydrogen) atoms. The number of carbonyl (C=O) groups is 1. The molecule has 2 aromatic carbocycles. The van der Waals surface area contributed by atoms with Gasteiger partial charge in [-0.25, -0.2) is 17.2 Å². The number of rotatable bonds is 5. The zero-order chi connectivity index (χ0) is 21.2. The minimum Gasteiger partial charge on any atom is -0.495 e. The van der Waals surface area contributed by atoms with E-state index in [-0.39, 0.29) is 29.8 Å². The summed E-state index contributed by atoms with van der Waals surface area (Å²) in [6.07, 6.45) is 0.608. The lowest BCUT2D eigenvalue weighted by Crippen LogP contribution is -2.41. The van der Waals surface area contributed by atoms with E-state index in [1.165, 1.54) is 11.4 Å². The van der Waals surface area contributed by atoms with Crippen LogP contribution >= 0.6 is 11.6 Å². The van der Waals surface area contributed by atoms with E-state index >= 15 is 0 Å². The van der Waals surface area contributed by atoms with Crippen LogP contribution in [-0.4, -0.2) is 38.8 Å². The number of nitrogens with one attached hydrogen (secondary N) is 1. The van der Waals surface area contributed by atoms with E-state index in [4.69, 9.17) is 16.3 Å². The molecule has 0 bridgehead atoms. The maximum absolute atomic E-state index is 13.4. The first-order chi connectivity index (χ1) is 13.7. The third-order valence-corrected chi connectivity index (χ3v) is 6.96. The number of nitrogens with zero attached hydrogens (tertiary/aromatic N) is 1. The highest BCUT2D eigenvalue weighted by Gasteiger charge is 2.32. The Balaban J connectivity index is 1.63. The van der Waals surface area contributed by atoms with E-state index in [9.17, 15) is 22.0 Å². The molecule has 1 fully saturated rings. The van der Waals surface area contributed by atoms with E-state index in [1.54, 1.807) is 18.2 Å². The van der Waals surface area contributed by atoms with Crippen LogP contribution in [0.15, 0.2) is 41.3 Å². The molecule has 1 aliphatic rings. The highest BCUT2D eigenvalue weighted by molar-refractivity contribution is 7.89. The van der Waals surface area contributed by atoms with Gasteiger partial charge in [0.1, 0.15) is 5.75 Å². The molecule has 1 aliphatic heterocycles. The van der Waals surface area contributed by atoms with Crippen LogP contribution < -0.4 is 10.1 Å². The van der Waals surface area contributed by atoms with Gasteiger partial charge in [-0.2, -0.15) is 4.31 Å². The van der Waals surface area contributed by atoms with Gasteiger partial charge in [-0.15, -0.1) is 0 Å². The minimum atomic E-state index is -3.96. The van der Waals surface area contributed by atoms with Gasteiger partial charge >= 0.3 is 0 Å². The van der Waals surface area contributed by atoms with Gasteiger partial charge in [0.15, 0.2) is 11.6 Å². The average molecular weight is 445 g/mol. The molecule has 1 heterocycles. The largest absolute Gasteiger partial charge is 0.495 e. The van der Waals surface area contributed by atoms with Crippen LogP contribution in [0, 0.1) is 17.6 Å². The fourth-order valence-corrected chi connectivity index (χ4v) is 4.87. The lowest BCUT2D eigenvalue weighted by molar-refractivity contribution is -0.120. The summed E-state index contributed by atoms with van der Waals surface area (Å²) in [4.78, 5) is 12.2. The van der Waals surface area contributed by atoms with E-state index in [0.717, 1.165) is 12.1 Å². The van der Waals surface area contributed by atoms with Crippen molar-refractivity contribution in [2.75, 3.05) is 25.5 Å². The molecule has 6 nitrogen and oxygen atoms in total. The number of piperidine rings is 1. The average Bonchev–Trinajstić information content (AvgIpc) is 2.70. The predicted octanol–water partition coefficient (Wildman–Crippen LogP) is 3.67. The van der Waals surface area contributed by atoms with Crippen LogP contribution in [0.2, 0.25) is 5.02 Å². The second-order valence-corrected chi connectivity index (χ2v) is 8.94. The summed E-state index contributed by atoms with van der Waals surface area (Å²) in [6, 6.07) is 7.33. The van der Waals surface area contributed by atoms with Gasteiger partial charge < -0.3 is 10.1 Å². The van der Waals surface area contributed by atoms with Crippen molar-refractivity contribution in [3.05, 3.63) is 53.1 Å². The maximum Gasteiger partial charge on any atom is 0.243 e. The van der Waals surface area contributed by atoms with E-state index in [0.29, 0.717) is 35.4 Å². The number of hydrogen-bond donors (Lipinski definition) is 1. The SMILES string of the molecule is COc1ccc(NC(=O)C2CCN(S(=O)(=O)c3ccc(F)c(F)c3)CC2)cc1Cl. The van der Waals surface area contributed by atoms with Crippen LogP contribution in [-0.2, 0) is 14.8 Å². The summed E-state index contributed by atoms with van der Waals surface area (Å²) < 4.78 is 58.0. The number of benzene rings is 2. The molecule has 3 rings (SSSR count). The quantitative estimate of drug-likeness (QED) is 0.763. The molecule has 10 heteroatoms. The summed E-state index contributed by atoms with van der Waals surface area (Å²) >= 11 is 6.05. The highest BCUT2D eigenvalue weighted by Crippen LogP contribution is 2.29. The second kappa shape index (κ2) is 8.64. The molecule has 0 atom stereocenters. The highest BCUT2D eigenvalue weighted by atomic mass is 35.5. The van der Waals surface area contributed by atoms with Gasteiger partial charge in [0.05, 0.1) is 17.0 Å². The van der Waals surface area contributed by atoms with E-state index in [1.807, 2.05) is 0 Å². The van der Waals surface area contributed by atoms with Crippen molar-refractivity contribution >= 4 is 33.2 Å². The fourth-order valence-electron chi connectivity index (χ4n) is 3.13. The minimum absolute atomic E-state index is 0.1000. The molecule has 0 radical (unpaired) electrons. The Morgan fingerprint density at radius 1 is 1.14 bits per heavy atom. The zero-order valence-corrected chi connectivity index (χ0v) is 17.1. The van der Waals surface area contributed by atoms with Crippen molar-refractivity contribution in [3.8, 4) is 5.75 Å². The van der Waals surface area contributed by atoms with Gasteiger partial charge in [0.25, 0.3) is 0 Å². The van der Waals surface area contributed by atoms with Crippen LogP contribution in [0.25, 0.3) is 0 Å². The van der Waals surface area contributed by atoms with Crippen molar-refractivity contribution in [3.63, 3.8) is 0 Å². The Morgan fingerprint density at radius 3 is 2.41 bits per heavy atom. The Morgan fingerprint density at radius 2 is 1.83 bits per heavy atom. The van der Waals surface area contributed by atoms with Crippen LogP contribution in [0.5, 0.6) is 5.75 Å². The van der Waals surface area contributed by atoms with Crippen LogP contribution in [0.1, 0.15) is 12.8 Å². The van der Waals surface area contributed by atoms with E-state index < -0.39 is 21.7 Å². The number of sulfonamides is 1. The molecule has 0 aliphatic carbocycles.